The van der Waals surface area contributed by atoms with Crippen LogP contribution >= 0.6 is 0 Å². The van der Waals surface area contributed by atoms with Crippen molar-refractivity contribution < 1.29 is 0 Å². The molecule has 1 aliphatic rings. The van der Waals surface area contributed by atoms with Crippen molar-refractivity contribution in [2.24, 2.45) is 0 Å². The van der Waals surface area contributed by atoms with Crippen molar-refractivity contribution in [3.8, 4) is 0 Å². The summed E-state index contributed by atoms with van der Waals surface area (Å²) in [5.74, 6) is 0.576. The number of hydrogen-bond donors (Lipinski definition) is 0. The monoisotopic (exact) mass is 267 g/mol. The minimum Gasteiger partial charge on any atom is -0.285 e. The molecule has 1 aromatic heterocycles. The van der Waals surface area contributed by atoms with Gasteiger partial charge in [-0.25, -0.2) is 0 Å². The van der Waals surface area contributed by atoms with Crippen LogP contribution in [0, 0.1) is 0 Å². The maximum Gasteiger partial charge on any atom is 0.0609 e. The lowest BCUT2D eigenvalue weighted by atomic mass is 10.0. The van der Waals surface area contributed by atoms with Crippen LogP contribution in [-0.2, 0) is 0 Å². The summed E-state index contributed by atoms with van der Waals surface area (Å²) in [6.45, 7) is 6.59. The third kappa shape index (κ3) is 2.24. The number of nitrogens with zero attached hydrogens (tertiary/aromatic N) is 3. The van der Waals surface area contributed by atoms with Gasteiger partial charge in [0.25, 0.3) is 0 Å². The van der Waals surface area contributed by atoms with E-state index in [0.717, 1.165) is 19.5 Å². The zero-order chi connectivity index (χ0) is 13.9. The van der Waals surface area contributed by atoms with E-state index < -0.39 is 0 Å². The lowest BCUT2D eigenvalue weighted by Crippen LogP contribution is -2.42. The number of pyridine rings is 1. The number of hydrazine groups is 1. The Balaban J connectivity index is 1.98. The van der Waals surface area contributed by atoms with Crippen LogP contribution in [-0.4, -0.2) is 18.1 Å². The van der Waals surface area contributed by atoms with Crippen molar-refractivity contribution in [2.75, 3.05) is 23.1 Å². The Labute approximate surface area is 120 Å². The molecule has 20 heavy (non-hydrogen) atoms. The van der Waals surface area contributed by atoms with Crippen LogP contribution in [0.4, 0.5) is 11.4 Å². The molecule has 0 aliphatic carbocycles. The van der Waals surface area contributed by atoms with Gasteiger partial charge >= 0.3 is 0 Å². The normalized spacial score (nSPS) is 17.1. The molecule has 0 amide bonds. The number of benzene rings is 1. The highest BCUT2D eigenvalue weighted by atomic mass is 15.6. The fourth-order valence-corrected chi connectivity index (χ4v) is 2.94. The average Bonchev–Trinajstić information content (AvgIpc) is 2.83. The fraction of sp³-hybridized carbons (Fsp3) is 0.353. The number of fused-ring (bicyclic) bond motifs is 1. The summed E-state index contributed by atoms with van der Waals surface area (Å²) in [6.07, 6.45) is 4.85. The van der Waals surface area contributed by atoms with Gasteiger partial charge in [-0.3, -0.25) is 15.0 Å². The van der Waals surface area contributed by atoms with Gasteiger partial charge in [0, 0.05) is 31.4 Å². The van der Waals surface area contributed by atoms with Crippen LogP contribution in [0.2, 0.25) is 0 Å². The Morgan fingerprint density at radius 3 is 2.70 bits per heavy atom. The summed E-state index contributed by atoms with van der Waals surface area (Å²) < 4.78 is 0. The van der Waals surface area contributed by atoms with Crippen molar-refractivity contribution in [3.63, 3.8) is 0 Å². The summed E-state index contributed by atoms with van der Waals surface area (Å²) in [7, 11) is 0. The van der Waals surface area contributed by atoms with Crippen LogP contribution in [0.1, 0.15) is 31.7 Å². The smallest absolute Gasteiger partial charge is 0.0609 e. The van der Waals surface area contributed by atoms with E-state index in [-0.39, 0.29) is 0 Å². The van der Waals surface area contributed by atoms with Crippen LogP contribution in [0.5, 0.6) is 0 Å². The zero-order valence-electron chi connectivity index (χ0n) is 12.2. The molecular weight excluding hydrogens is 246 g/mol. The Morgan fingerprint density at radius 2 is 1.95 bits per heavy atom. The highest BCUT2D eigenvalue weighted by Gasteiger charge is 2.29. The van der Waals surface area contributed by atoms with Crippen LogP contribution in [0.25, 0.3) is 0 Å². The third-order valence-electron chi connectivity index (χ3n) is 3.88. The summed E-state index contributed by atoms with van der Waals surface area (Å²) in [6, 6.07) is 12.9. The van der Waals surface area contributed by atoms with Crippen molar-refractivity contribution in [3.05, 3.63) is 54.4 Å². The molecule has 3 nitrogen and oxygen atoms in total. The molecule has 3 rings (SSSR count). The molecule has 1 aromatic carbocycles. The molecule has 0 saturated carbocycles. The molecule has 3 heteroatoms. The fourth-order valence-electron chi connectivity index (χ4n) is 2.94. The van der Waals surface area contributed by atoms with E-state index in [4.69, 9.17) is 0 Å². The second-order valence-corrected chi connectivity index (χ2v) is 5.37. The summed E-state index contributed by atoms with van der Waals surface area (Å²) in [5.41, 5.74) is 4.00. The molecular formula is C17H21N3. The second kappa shape index (κ2) is 5.53. The maximum atomic E-state index is 4.13. The van der Waals surface area contributed by atoms with Crippen molar-refractivity contribution >= 4 is 11.4 Å². The van der Waals surface area contributed by atoms with Gasteiger partial charge in [-0.2, -0.15) is 0 Å². The molecule has 0 bridgehead atoms. The van der Waals surface area contributed by atoms with Crippen LogP contribution < -0.4 is 10.0 Å². The van der Waals surface area contributed by atoms with Gasteiger partial charge in [-0.15, -0.1) is 0 Å². The second-order valence-electron chi connectivity index (χ2n) is 5.37. The summed E-state index contributed by atoms with van der Waals surface area (Å²) >= 11 is 0. The molecule has 0 fully saturated rings. The van der Waals surface area contributed by atoms with Crippen LogP contribution in [0.3, 0.4) is 0 Å². The molecule has 2 heterocycles. The highest BCUT2D eigenvalue weighted by molar-refractivity contribution is 5.65. The molecule has 0 radical (unpaired) electrons. The first kappa shape index (κ1) is 13.0. The number of rotatable bonds is 4. The SMILES string of the molecule is CCCN(c1ccncc1)N1CC(C)c2ccccc21. The molecule has 0 saturated heterocycles. The molecule has 1 aliphatic heterocycles. The van der Waals surface area contributed by atoms with E-state index in [1.807, 2.05) is 12.4 Å². The largest absolute Gasteiger partial charge is 0.285 e. The predicted octanol–water partition coefficient (Wildman–Crippen LogP) is 3.84. The summed E-state index contributed by atoms with van der Waals surface area (Å²) in [4.78, 5) is 4.13. The lowest BCUT2D eigenvalue weighted by Gasteiger charge is -2.35. The van der Waals surface area contributed by atoms with Gasteiger partial charge in [-0.05, 0) is 30.2 Å². The van der Waals surface area contributed by atoms with Gasteiger partial charge in [0.1, 0.15) is 0 Å². The Bertz CT molecular complexity index is 567. The number of aromatic nitrogens is 1. The number of anilines is 2. The average molecular weight is 267 g/mol. The highest BCUT2D eigenvalue weighted by Crippen LogP contribution is 2.37. The van der Waals surface area contributed by atoms with Crippen molar-refractivity contribution in [1.82, 2.24) is 4.98 Å². The first-order valence-corrected chi connectivity index (χ1v) is 7.35. The van der Waals surface area contributed by atoms with Crippen molar-refractivity contribution in [2.45, 2.75) is 26.2 Å². The minimum absolute atomic E-state index is 0.576. The maximum absolute atomic E-state index is 4.13. The first-order chi connectivity index (χ1) is 9.81. The molecule has 0 N–H and O–H groups in total. The van der Waals surface area contributed by atoms with Gasteiger partial charge in [0.15, 0.2) is 0 Å². The van der Waals surface area contributed by atoms with Gasteiger partial charge in [-0.1, -0.05) is 32.0 Å². The van der Waals surface area contributed by atoms with Gasteiger partial charge in [0.2, 0.25) is 0 Å². The van der Waals surface area contributed by atoms with E-state index in [2.05, 4.69) is 65.2 Å². The molecule has 1 unspecified atom stereocenters. The Hall–Kier alpha value is -2.03. The van der Waals surface area contributed by atoms with E-state index in [1.165, 1.54) is 16.9 Å². The van der Waals surface area contributed by atoms with Gasteiger partial charge in [0.05, 0.1) is 11.4 Å². The molecule has 1 atom stereocenters. The van der Waals surface area contributed by atoms with E-state index >= 15 is 0 Å². The number of para-hydroxylation sites is 1. The summed E-state index contributed by atoms with van der Waals surface area (Å²) in [5, 5.41) is 4.79. The molecule has 0 spiro atoms. The topological polar surface area (TPSA) is 19.4 Å². The van der Waals surface area contributed by atoms with E-state index in [0.29, 0.717) is 5.92 Å². The van der Waals surface area contributed by atoms with E-state index in [9.17, 15) is 0 Å². The molecule has 104 valence electrons. The number of hydrogen-bond acceptors (Lipinski definition) is 3. The Kier molecular flexibility index (Phi) is 3.59. The lowest BCUT2D eigenvalue weighted by molar-refractivity contribution is 0.682. The molecule has 2 aromatic rings. The quantitative estimate of drug-likeness (QED) is 0.839. The van der Waals surface area contributed by atoms with E-state index in [1.54, 1.807) is 0 Å². The van der Waals surface area contributed by atoms with Gasteiger partial charge < -0.3 is 0 Å². The Morgan fingerprint density at radius 1 is 1.20 bits per heavy atom. The minimum atomic E-state index is 0.576. The standard InChI is InChI=1S/C17H21N3/c1-3-12-19(15-8-10-18-11-9-15)20-13-14(2)16-6-4-5-7-17(16)20/h4-11,14H,3,12-13H2,1-2H3. The predicted molar refractivity (Wildman–Crippen MR) is 84.1 cm³/mol. The van der Waals surface area contributed by atoms with Crippen LogP contribution in [0.15, 0.2) is 48.8 Å². The third-order valence-corrected chi connectivity index (χ3v) is 3.88. The zero-order valence-corrected chi connectivity index (χ0v) is 12.2. The first-order valence-electron chi connectivity index (χ1n) is 7.35. The van der Waals surface area contributed by atoms with Crippen molar-refractivity contribution in [1.29, 1.82) is 0 Å².